The Labute approximate surface area is 133 Å². The summed E-state index contributed by atoms with van der Waals surface area (Å²) in [5.74, 6) is 1.000. The van der Waals surface area contributed by atoms with E-state index in [4.69, 9.17) is 18.0 Å². The molecule has 2 nitrogen and oxygen atoms in total. The van der Waals surface area contributed by atoms with E-state index in [2.05, 4.69) is 42.7 Å². The van der Waals surface area contributed by atoms with Gasteiger partial charge in [-0.2, -0.15) is 0 Å². The number of nitrogens with one attached hydrogen (secondary N) is 1. The largest absolute Gasteiger partial charge is 0.389 e. The zero-order valence-electron chi connectivity index (χ0n) is 11.6. The van der Waals surface area contributed by atoms with E-state index in [1.54, 1.807) is 23.1 Å². The predicted molar refractivity (Wildman–Crippen MR) is 95.1 cm³/mol. The van der Waals surface area contributed by atoms with Crippen molar-refractivity contribution < 1.29 is 0 Å². The van der Waals surface area contributed by atoms with E-state index in [9.17, 15) is 0 Å². The van der Waals surface area contributed by atoms with Crippen LogP contribution in [0.4, 0.5) is 5.69 Å². The van der Waals surface area contributed by atoms with Crippen LogP contribution in [0, 0.1) is 0 Å². The molecular weight excluding hydrogens is 304 g/mol. The van der Waals surface area contributed by atoms with E-state index in [0.29, 0.717) is 4.99 Å². The number of anilines is 1. The number of thiocarbonyl (C=S) groups is 1. The summed E-state index contributed by atoms with van der Waals surface area (Å²) in [6.07, 6.45) is 0. The van der Waals surface area contributed by atoms with Crippen LogP contribution < -0.4 is 11.1 Å². The van der Waals surface area contributed by atoms with Crippen LogP contribution in [0.1, 0.15) is 30.3 Å². The minimum absolute atomic E-state index is 0.241. The maximum atomic E-state index is 5.92. The van der Waals surface area contributed by atoms with Crippen LogP contribution in [0.3, 0.4) is 0 Å². The third-order valence-electron chi connectivity index (χ3n) is 2.91. The molecule has 1 heterocycles. The number of thioether (sulfide) groups is 1. The van der Waals surface area contributed by atoms with Crippen LogP contribution in [-0.2, 0) is 0 Å². The summed E-state index contributed by atoms with van der Waals surface area (Å²) in [4.78, 5) is 2.89. The summed E-state index contributed by atoms with van der Waals surface area (Å²) in [5, 5.41) is 5.61. The summed E-state index contributed by atoms with van der Waals surface area (Å²) in [5.41, 5.74) is 7.89. The molecule has 0 fully saturated rings. The number of nitrogens with two attached hydrogens (primary N) is 1. The Morgan fingerprint density at radius 3 is 2.80 bits per heavy atom. The molecule has 2 rings (SSSR count). The topological polar surface area (TPSA) is 38.0 Å². The first kappa shape index (κ1) is 15.4. The first-order valence-corrected chi connectivity index (χ1v) is 8.76. The molecule has 0 radical (unpaired) electrons. The standard InChI is InChI=1S/C15H18N2S3/c1-3-19-13-7-4-6-11(14(13)15(16)18)17-10(2)12-8-5-9-20-12/h4-10,17H,3H2,1-2H3,(H2,16,18). The number of hydrogen-bond donors (Lipinski definition) is 2. The summed E-state index contributed by atoms with van der Waals surface area (Å²) in [6, 6.07) is 10.6. The molecule has 0 spiro atoms. The summed E-state index contributed by atoms with van der Waals surface area (Å²) < 4.78 is 0. The third-order valence-corrected chi connectivity index (χ3v) is 5.11. The van der Waals surface area contributed by atoms with Gasteiger partial charge in [-0.1, -0.05) is 31.3 Å². The third kappa shape index (κ3) is 3.53. The van der Waals surface area contributed by atoms with Crippen molar-refractivity contribution in [3.8, 4) is 0 Å². The minimum Gasteiger partial charge on any atom is -0.389 e. The fourth-order valence-corrected chi connectivity index (χ4v) is 3.89. The van der Waals surface area contributed by atoms with Gasteiger partial charge in [-0.3, -0.25) is 0 Å². The highest BCUT2D eigenvalue weighted by molar-refractivity contribution is 7.99. The van der Waals surface area contributed by atoms with Crippen molar-refractivity contribution in [3.63, 3.8) is 0 Å². The van der Waals surface area contributed by atoms with Crippen molar-refractivity contribution in [2.75, 3.05) is 11.1 Å². The second kappa shape index (κ2) is 7.11. The molecule has 2 aromatic rings. The highest BCUT2D eigenvalue weighted by Gasteiger charge is 2.14. The molecule has 1 unspecified atom stereocenters. The Bertz CT molecular complexity index is 579. The van der Waals surface area contributed by atoms with Crippen molar-refractivity contribution in [2.45, 2.75) is 24.8 Å². The van der Waals surface area contributed by atoms with Gasteiger partial charge in [-0.05, 0) is 36.3 Å². The first-order valence-electron chi connectivity index (χ1n) is 6.49. The highest BCUT2D eigenvalue weighted by Crippen LogP contribution is 2.31. The van der Waals surface area contributed by atoms with Gasteiger partial charge in [0.25, 0.3) is 0 Å². The molecule has 0 aliphatic rings. The van der Waals surface area contributed by atoms with Gasteiger partial charge in [0.05, 0.1) is 6.04 Å². The van der Waals surface area contributed by atoms with Crippen molar-refractivity contribution in [1.82, 2.24) is 0 Å². The molecule has 1 aromatic carbocycles. The van der Waals surface area contributed by atoms with E-state index in [0.717, 1.165) is 21.9 Å². The lowest BCUT2D eigenvalue weighted by Crippen LogP contribution is -2.16. The Morgan fingerprint density at radius 1 is 1.40 bits per heavy atom. The lowest BCUT2D eigenvalue weighted by molar-refractivity contribution is 0.906. The van der Waals surface area contributed by atoms with Gasteiger partial charge in [0.2, 0.25) is 0 Å². The molecule has 20 heavy (non-hydrogen) atoms. The van der Waals surface area contributed by atoms with Gasteiger partial charge >= 0.3 is 0 Å². The first-order chi connectivity index (χ1) is 9.63. The van der Waals surface area contributed by atoms with Crippen molar-refractivity contribution in [1.29, 1.82) is 0 Å². The molecule has 3 N–H and O–H groups in total. The second-order valence-electron chi connectivity index (χ2n) is 4.36. The maximum Gasteiger partial charge on any atom is 0.107 e. The molecule has 0 amide bonds. The highest BCUT2D eigenvalue weighted by atomic mass is 32.2. The van der Waals surface area contributed by atoms with Crippen LogP contribution in [-0.4, -0.2) is 10.7 Å². The molecule has 0 saturated heterocycles. The minimum atomic E-state index is 0.241. The number of benzene rings is 1. The summed E-state index contributed by atoms with van der Waals surface area (Å²) >= 11 is 8.74. The summed E-state index contributed by atoms with van der Waals surface area (Å²) in [7, 11) is 0. The molecular formula is C15H18N2S3. The second-order valence-corrected chi connectivity index (χ2v) is 7.08. The van der Waals surface area contributed by atoms with Gasteiger partial charge in [0.15, 0.2) is 0 Å². The fraction of sp³-hybridized carbons (Fsp3) is 0.267. The van der Waals surface area contributed by atoms with E-state index in [1.807, 2.05) is 12.1 Å². The number of hydrogen-bond acceptors (Lipinski definition) is 4. The van der Waals surface area contributed by atoms with Crippen LogP contribution in [0.2, 0.25) is 0 Å². The summed E-state index contributed by atoms with van der Waals surface area (Å²) in [6.45, 7) is 4.28. The maximum absolute atomic E-state index is 5.92. The van der Waals surface area contributed by atoms with E-state index in [-0.39, 0.29) is 6.04 Å². The fourth-order valence-electron chi connectivity index (χ4n) is 2.02. The quantitative estimate of drug-likeness (QED) is 0.599. The van der Waals surface area contributed by atoms with Crippen molar-refractivity contribution in [2.24, 2.45) is 5.73 Å². The molecule has 0 aliphatic carbocycles. The number of rotatable bonds is 6. The molecule has 5 heteroatoms. The Kier molecular flexibility index (Phi) is 5.46. The monoisotopic (exact) mass is 322 g/mol. The van der Waals surface area contributed by atoms with E-state index in [1.165, 1.54) is 4.88 Å². The number of thiophene rings is 1. The average molecular weight is 323 g/mol. The smallest absolute Gasteiger partial charge is 0.107 e. The lowest BCUT2D eigenvalue weighted by atomic mass is 10.1. The Hall–Kier alpha value is -1.04. The Balaban J connectivity index is 2.31. The zero-order valence-corrected chi connectivity index (χ0v) is 14.0. The van der Waals surface area contributed by atoms with Gasteiger partial charge in [0.1, 0.15) is 4.99 Å². The molecule has 106 valence electrons. The molecule has 0 bridgehead atoms. The zero-order chi connectivity index (χ0) is 14.5. The van der Waals surface area contributed by atoms with Crippen LogP contribution in [0.5, 0.6) is 0 Å². The van der Waals surface area contributed by atoms with Gasteiger partial charge < -0.3 is 11.1 Å². The van der Waals surface area contributed by atoms with Crippen LogP contribution in [0.15, 0.2) is 40.6 Å². The van der Waals surface area contributed by atoms with Crippen LogP contribution >= 0.6 is 35.3 Å². The predicted octanol–water partition coefficient (Wildman–Crippen LogP) is 4.67. The van der Waals surface area contributed by atoms with E-state index >= 15 is 0 Å². The van der Waals surface area contributed by atoms with Gasteiger partial charge in [-0.25, -0.2) is 0 Å². The SMILES string of the molecule is CCSc1cccc(NC(C)c2cccs2)c1C(N)=S. The normalized spacial score (nSPS) is 12.1. The Morgan fingerprint density at radius 2 is 2.20 bits per heavy atom. The molecule has 1 aromatic heterocycles. The molecule has 0 aliphatic heterocycles. The molecule has 0 saturated carbocycles. The lowest BCUT2D eigenvalue weighted by Gasteiger charge is -2.18. The van der Waals surface area contributed by atoms with Crippen LogP contribution in [0.25, 0.3) is 0 Å². The van der Waals surface area contributed by atoms with Gasteiger partial charge in [-0.15, -0.1) is 23.1 Å². The van der Waals surface area contributed by atoms with Crippen molar-refractivity contribution in [3.05, 3.63) is 46.2 Å². The van der Waals surface area contributed by atoms with E-state index < -0.39 is 0 Å². The van der Waals surface area contributed by atoms with Gasteiger partial charge in [0, 0.05) is 21.0 Å². The average Bonchev–Trinajstić information content (AvgIpc) is 2.92. The van der Waals surface area contributed by atoms with Crippen molar-refractivity contribution >= 4 is 46.0 Å². The molecule has 1 atom stereocenters.